The van der Waals surface area contributed by atoms with Crippen LogP contribution in [0.25, 0.3) is 0 Å². The van der Waals surface area contributed by atoms with Crippen molar-refractivity contribution in [2.24, 2.45) is 0 Å². The van der Waals surface area contributed by atoms with Gasteiger partial charge in [0.15, 0.2) is 0 Å². The lowest BCUT2D eigenvalue weighted by atomic mass is 10.1. The summed E-state index contributed by atoms with van der Waals surface area (Å²) in [6.45, 7) is 2.50. The smallest absolute Gasteiger partial charge is 0.233 e. The second-order valence-corrected chi connectivity index (χ2v) is 4.90. The number of hydrogen-bond acceptors (Lipinski definition) is 3. The summed E-state index contributed by atoms with van der Waals surface area (Å²) < 4.78 is 0. The Morgan fingerprint density at radius 1 is 1.50 bits per heavy atom. The van der Waals surface area contributed by atoms with Crippen molar-refractivity contribution in [3.8, 4) is 0 Å². The number of nitrogens with zero attached hydrogens (tertiary/aromatic N) is 1. The van der Waals surface area contributed by atoms with Crippen molar-refractivity contribution in [3.05, 3.63) is 35.4 Å². The Morgan fingerprint density at radius 2 is 2.25 bits per heavy atom. The van der Waals surface area contributed by atoms with Crippen LogP contribution in [0.3, 0.4) is 0 Å². The molecule has 1 N–H and O–H groups in total. The van der Waals surface area contributed by atoms with Gasteiger partial charge in [-0.3, -0.25) is 4.79 Å². The van der Waals surface area contributed by atoms with Gasteiger partial charge in [-0.1, -0.05) is 24.3 Å². The molecule has 0 unspecified atom stereocenters. The summed E-state index contributed by atoms with van der Waals surface area (Å²) in [5.41, 5.74) is 2.37. The van der Waals surface area contributed by atoms with Crippen LogP contribution >= 0.6 is 11.8 Å². The minimum absolute atomic E-state index is 0.0225. The Kier molecular flexibility index (Phi) is 3.51. The van der Waals surface area contributed by atoms with Gasteiger partial charge in [0.05, 0.1) is 12.4 Å². The van der Waals surface area contributed by atoms with E-state index >= 15 is 0 Å². The highest BCUT2D eigenvalue weighted by Gasteiger charge is 2.32. The van der Waals surface area contributed by atoms with Crippen LogP contribution in [0.4, 0.5) is 0 Å². The number of hydrogen-bond donors (Lipinski definition) is 1. The number of aliphatic hydroxyl groups excluding tert-OH is 1. The van der Waals surface area contributed by atoms with Crippen LogP contribution < -0.4 is 0 Å². The second-order valence-electron chi connectivity index (χ2n) is 3.83. The molecule has 16 heavy (non-hydrogen) atoms. The fourth-order valence-electron chi connectivity index (χ4n) is 1.93. The van der Waals surface area contributed by atoms with Gasteiger partial charge in [0, 0.05) is 6.54 Å². The Labute approximate surface area is 99.5 Å². The average Bonchev–Trinajstić information content (AvgIpc) is 2.62. The number of carbonyl (C=O) groups is 1. The lowest BCUT2D eigenvalue weighted by molar-refractivity contribution is -0.128. The summed E-state index contributed by atoms with van der Waals surface area (Å²) in [6.07, 6.45) is 0. The minimum atomic E-state index is 0.0225. The number of amides is 1. The summed E-state index contributed by atoms with van der Waals surface area (Å²) in [4.78, 5) is 13.4. The van der Waals surface area contributed by atoms with Gasteiger partial charge in [-0.15, -0.1) is 11.8 Å². The van der Waals surface area contributed by atoms with E-state index in [1.807, 2.05) is 12.1 Å². The molecule has 4 heteroatoms. The highest BCUT2D eigenvalue weighted by atomic mass is 32.2. The van der Waals surface area contributed by atoms with E-state index in [9.17, 15) is 4.79 Å². The molecule has 0 radical (unpaired) electrons. The lowest BCUT2D eigenvalue weighted by Crippen LogP contribution is -2.31. The summed E-state index contributed by atoms with van der Waals surface area (Å²) >= 11 is 1.63. The molecule has 0 spiro atoms. The largest absolute Gasteiger partial charge is 0.395 e. The quantitative estimate of drug-likeness (QED) is 0.867. The van der Waals surface area contributed by atoms with Crippen LogP contribution in [-0.2, 0) is 4.79 Å². The van der Waals surface area contributed by atoms with Crippen molar-refractivity contribution >= 4 is 17.7 Å². The zero-order valence-electron chi connectivity index (χ0n) is 9.22. The first kappa shape index (κ1) is 11.5. The average molecular weight is 237 g/mol. The molecule has 1 fully saturated rings. The number of thioether (sulfide) groups is 1. The summed E-state index contributed by atoms with van der Waals surface area (Å²) in [7, 11) is 0. The summed E-state index contributed by atoms with van der Waals surface area (Å²) in [5.74, 6) is 0.631. The SMILES string of the molecule is Cc1ccccc1[C@@H]1SCC(=O)N1CCO. The van der Waals surface area contributed by atoms with Crippen LogP contribution in [0.1, 0.15) is 16.5 Å². The highest BCUT2D eigenvalue weighted by molar-refractivity contribution is 8.00. The van der Waals surface area contributed by atoms with Gasteiger partial charge < -0.3 is 10.0 Å². The molecular weight excluding hydrogens is 222 g/mol. The second kappa shape index (κ2) is 4.89. The molecule has 0 aromatic heterocycles. The van der Waals surface area contributed by atoms with Crippen molar-refractivity contribution < 1.29 is 9.90 Å². The number of rotatable bonds is 3. The maximum Gasteiger partial charge on any atom is 0.233 e. The first-order chi connectivity index (χ1) is 7.74. The van der Waals surface area contributed by atoms with Gasteiger partial charge >= 0.3 is 0 Å². The van der Waals surface area contributed by atoms with Crippen LogP contribution in [0.2, 0.25) is 0 Å². The predicted octanol–water partition coefficient (Wildman–Crippen LogP) is 1.56. The molecule has 1 aromatic carbocycles. The molecule has 0 bridgehead atoms. The molecule has 86 valence electrons. The van der Waals surface area contributed by atoms with Crippen molar-refractivity contribution in [3.63, 3.8) is 0 Å². The molecule has 1 atom stereocenters. The van der Waals surface area contributed by atoms with E-state index in [2.05, 4.69) is 19.1 Å². The van der Waals surface area contributed by atoms with Crippen molar-refractivity contribution in [2.45, 2.75) is 12.3 Å². The standard InChI is InChI=1S/C12H15NO2S/c1-9-4-2-3-5-10(9)12-13(6-7-14)11(15)8-16-12/h2-5,12,14H,6-8H2,1H3/t12-/m0/s1. The maximum absolute atomic E-state index is 11.7. The van der Waals surface area contributed by atoms with E-state index in [0.29, 0.717) is 12.3 Å². The fourth-order valence-corrected chi connectivity index (χ4v) is 3.24. The third kappa shape index (κ3) is 2.08. The summed E-state index contributed by atoms with van der Waals surface area (Å²) in [6, 6.07) is 8.09. The molecule has 2 rings (SSSR count). The van der Waals surface area contributed by atoms with Gasteiger partial charge in [0.25, 0.3) is 0 Å². The van der Waals surface area contributed by atoms with Crippen molar-refractivity contribution in [2.75, 3.05) is 18.9 Å². The van der Waals surface area contributed by atoms with Crippen molar-refractivity contribution in [1.29, 1.82) is 0 Å². The van der Waals surface area contributed by atoms with E-state index in [1.54, 1.807) is 16.7 Å². The van der Waals surface area contributed by atoms with E-state index in [1.165, 1.54) is 11.1 Å². The molecule has 0 aliphatic carbocycles. The number of carbonyl (C=O) groups excluding carboxylic acids is 1. The van der Waals surface area contributed by atoms with Gasteiger partial charge in [-0.05, 0) is 18.1 Å². The topological polar surface area (TPSA) is 40.5 Å². The Morgan fingerprint density at radius 3 is 2.94 bits per heavy atom. The minimum Gasteiger partial charge on any atom is -0.395 e. The molecule has 1 aliphatic heterocycles. The van der Waals surface area contributed by atoms with E-state index < -0.39 is 0 Å². The van der Waals surface area contributed by atoms with Crippen LogP contribution in [-0.4, -0.2) is 34.8 Å². The van der Waals surface area contributed by atoms with Crippen LogP contribution in [0.15, 0.2) is 24.3 Å². The molecule has 1 aliphatic rings. The zero-order valence-corrected chi connectivity index (χ0v) is 10.0. The van der Waals surface area contributed by atoms with Crippen molar-refractivity contribution in [1.82, 2.24) is 4.90 Å². The number of aliphatic hydroxyl groups is 1. The van der Waals surface area contributed by atoms with E-state index in [4.69, 9.17) is 5.11 Å². The monoisotopic (exact) mass is 237 g/mol. The maximum atomic E-state index is 11.7. The number of β-amino-alcohol motifs (C(OH)–C–C–N with tert-alkyl or cyclic N) is 1. The third-order valence-electron chi connectivity index (χ3n) is 2.76. The first-order valence-electron chi connectivity index (χ1n) is 5.31. The number of benzene rings is 1. The molecule has 3 nitrogen and oxygen atoms in total. The normalized spacial score (nSPS) is 20.5. The predicted molar refractivity (Wildman–Crippen MR) is 65.2 cm³/mol. The van der Waals surface area contributed by atoms with Gasteiger partial charge in [-0.2, -0.15) is 0 Å². The highest BCUT2D eigenvalue weighted by Crippen LogP contribution is 2.39. The molecular formula is C12H15NO2S. The fraction of sp³-hybridized carbons (Fsp3) is 0.417. The Balaban J connectivity index is 2.27. The molecule has 1 aromatic rings. The molecule has 1 heterocycles. The summed E-state index contributed by atoms with van der Waals surface area (Å²) in [5, 5.41) is 9.05. The molecule has 1 amide bonds. The zero-order chi connectivity index (χ0) is 11.5. The van der Waals surface area contributed by atoms with Crippen LogP contribution in [0, 0.1) is 6.92 Å². The van der Waals surface area contributed by atoms with Gasteiger partial charge in [0.1, 0.15) is 5.37 Å². The molecule has 1 saturated heterocycles. The third-order valence-corrected chi connectivity index (χ3v) is 4.00. The molecule has 0 saturated carbocycles. The van der Waals surface area contributed by atoms with Crippen LogP contribution in [0.5, 0.6) is 0 Å². The van der Waals surface area contributed by atoms with Gasteiger partial charge in [0.2, 0.25) is 5.91 Å². The van der Waals surface area contributed by atoms with Gasteiger partial charge in [-0.25, -0.2) is 0 Å². The Hall–Kier alpha value is -1.00. The van der Waals surface area contributed by atoms with E-state index in [0.717, 1.165) is 0 Å². The number of aryl methyl sites for hydroxylation is 1. The first-order valence-corrected chi connectivity index (χ1v) is 6.36. The Bertz CT molecular complexity index is 394. The lowest BCUT2D eigenvalue weighted by Gasteiger charge is -2.24. The van der Waals surface area contributed by atoms with E-state index in [-0.39, 0.29) is 17.9 Å².